The summed E-state index contributed by atoms with van der Waals surface area (Å²) >= 11 is 0. The molecule has 1 saturated heterocycles. The number of nitro benzene ring substituents is 1. The highest BCUT2D eigenvalue weighted by Gasteiger charge is 2.26. The summed E-state index contributed by atoms with van der Waals surface area (Å²) in [7, 11) is 3.29. The number of nitrogens with zero attached hydrogens (tertiary/aromatic N) is 3. The third-order valence-electron chi connectivity index (χ3n) is 4.39. The molecule has 1 N–H and O–H groups in total. The van der Waals surface area contributed by atoms with Gasteiger partial charge in [-0.3, -0.25) is 24.6 Å². The van der Waals surface area contributed by atoms with E-state index in [0.29, 0.717) is 18.8 Å². The maximum atomic E-state index is 12.4. The minimum atomic E-state index is -0.470. The summed E-state index contributed by atoms with van der Waals surface area (Å²) in [4.78, 5) is 37.7. The Bertz CT molecular complexity index is 609. The van der Waals surface area contributed by atoms with Gasteiger partial charge in [0.1, 0.15) is 0 Å². The lowest BCUT2D eigenvalue weighted by Crippen LogP contribution is -2.44. The monoisotopic (exact) mass is 334 g/mol. The normalized spacial score (nSPS) is 15.8. The number of carbonyl (C=O) groups is 2. The van der Waals surface area contributed by atoms with Gasteiger partial charge in [-0.05, 0) is 38.1 Å². The predicted octanol–water partition coefficient (Wildman–Crippen LogP) is 1.02. The molecule has 8 heteroatoms. The summed E-state index contributed by atoms with van der Waals surface area (Å²) in [5.74, 6) is -0.0000234. The molecule has 0 atom stereocenters. The van der Waals surface area contributed by atoms with Crippen molar-refractivity contribution in [2.45, 2.75) is 12.8 Å². The molecular formula is C16H22N4O4. The zero-order valence-corrected chi connectivity index (χ0v) is 13.9. The third kappa shape index (κ3) is 4.29. The van der Waals surface area contributed by atoms with Gasteiger partial charge in [0.15, 0.2) is 0 Å². The van der Waals surface area contributed by atoms with Gasteiger partial charge in [0.25, 0.3) is 5.69 Å². The lowest BCUT2D eigenvalue weighted by atomic mass is 9.96. The first-order valence-electron chi connectivity index (χ1n) is 7.87. The molecule has 0 aliphatic carbocycles. The maximum Gasteiger partial charge on any atom is 0.269 e. The van der Waals surface area contributed by atoms with Crippen LogP contribution in [0.15, 0.2) is 24.3 Å². The van der Waals surface area contributed by atoms with Crippen LogP contribution >= 0.6 is 0 Å². The van der Waals surface area contributed by atoms with Crippen LogP contribution in [0.2, 0.25) is 0 Å². The Hall–Kier alpha value is -2.48. The van der Waals surface area contributed by atoms with E-state index in [-0.39, 0.29) is 30.0 Å². The number of likely N-dealkylation sites (N-methyl/N-ethyl adjacent to an activating group) is 1. The molecule has 0 spiro atoms. The first-order valence-corrected chi connectivity index (χ1v) is 7.87. The van der Waals surface area contributed by atoms with E-state index in [4.69, 9.17) is 0 Å². The molecule has 2 rings (SSSR count). The average Bonchev–Trinajstić information content (AvgIpc) is 2.61. The molecule has 2 amide bonds. The number of benzene rings is 1. The lowest BCUT2D eigenvalue weighted by Gasteiger charge is -2.31. The van der Waals surface area contributed by atoms with E-state index in [1.165, 1.54) is 17.0 Å². The van der Waals surface area contributed by atoms with E-state index >= 15 is 0 Å². The number of piperidine rings is 1. The van der Waals surface area contributed by atoms with Crippen molar-refractivity contribution < 1.29 is 14.5 Å². The standard InChI is InChI=1S/C16H22N4O4/c1-17-16(22)12-7-9-19(10-8-12)11-15(21)18(2)13-3-5-14(6-4-13)20(23)24/h3-6,12H,7-11H2,1-2H3,(H,17,22). The molecule has 0 bridgehead atoms. The van der Waals surface area contributed by atoms with Crippen molar-refractivity contribution >= 4 is 23.2 Å². The Labute approximate surface area is 140 Å². The molecule has 0 aromatic heterocycles. The topological polar surface area (TPSA) is 95.8 Å². The van der Waals surface area contributed by atoms with Crippen LogP contribution in [0.25, 0.3) is 0 Å². The quantitative estimate of drug-likeness (QED) is 0.640. The smallest absolute Gasteiger partial charge is 0.269 e. The van der Waals surface area contributed by atoms with Gasteiger partial charge in [-0.25, -0.2) is 0 Å². The molecule has 8 nitrogen and oxygen atoms in total. The fourth-order valence-corrected chi connectivity index (χ4v) is 2.80. The average molecular weight is 334 g/mol. The molecular weight excluding hydrogens is 312 g/mol. The molecule has 24 heavy (non-hydrogen) atoms. The van der Waals surface area contributed by atoms with Gasteiger partial charge in [-0.15, -0.1) is 0 Å². The zero-order chi connectivity index (χ0) is 17.7. The molecule has 1 aromatic rings. The number of nitro groups is 1. The number of carbonyl (C=O) groups excluding carboxylic acids is 2. The van der Waals surface area contributed by atoms with Crippen molar-refractivity contribution in [1.29, 1.82) is 0 Å². The Balaban J connectivity index is 1.88. The van der Waals surface area contributed by atoms with Crippen LogP contribution in [0.5, 0.6) is 0 Å². The van der Waals surface area contributed by atoms with Crippen LogP contribution < -0.4 is 10.2 Å². The van der Waals surface area contributed by atoms with Crippen molar-refractivity contribution in [2.75, 3.05) is 38.6 Å². The Kier molecular flexibility index (Phi) is 5.86. The van der Waals surface area contributed by atoms with Gasteiger partial charge in [0.05, 0.1) is 11.5 Å². The largest absolute Gasteiger partial charge is 0.359 e. The van der Waals surface area contributed by atoms with E-state index in [9.17, 15) is 19.7 Å². The van der Waals surface area contributed by atoms with Crippen LogP contribution in [0.1, 0.15) is 12.8 Å². The fraction of sp³-hybridized carbons (Fsp3) is 0.500. The van der Waals surface area contributed by atoms with Gasteiger partial charge < -0.3 is 10.2 Å². The van der Waals surface area contributed by atoms with E-state index < -0.39 is 4.92 Å². The molecule has 1 aliphatic heterocycles. The zero-order valence-electron chi connectivity index (χ0n) is 13.9. The Morgan fingerprint density at radius 3 is 2.38 bits per heavy atom. The second-order valence-electron chi connectivity index (χ2n) is 5.89. The molecule has 1 heterocycles. The van der Waals surface area contributed by atoms with Gasteiger partial charge >= 0.3 is 0 Å². The van der Waals surface area contributed by atoms with Crippen molar-refractivity contribution in [3.8, 4) is 0 Å². The van der Waals surface area contributed by atoms with Crippen LogP contribution in [0, 0.1) is 16.0 Å². The highest BCUT2D eigenvalue weighted by Crippen LogP contribution is 2.20. The SMILES string of the molecule is CNC(=O)C1CCN(CC(=O)N(C)c2ccc([N+](=O)[O-])cc2)CC1. The molecule has 0 saturated carbocycles. The van der Waals surface area contributed by atoms with E-state index in [1.807, 2.05) is 4.90 Å². The summed E-state index contributed by atoms with van der Waals surface area (Å²) in [6.45, 7) is 1.68. The predicted molar refractivity (Wildman–Crippen MR) is 89.7 cm³/mol. The minimum absolute atomic E-state index is 0.00382. The van der Waals surface area contributed by atoms with E-state index in [1.54, 1.807) is 26.2 Å². The Morgan fingerprint density at radius 1 is 1.29 bits per heavy atom. The molecule has 0 unspecified atom stereocenters. The summed E-state index contributed by atoms with van der Waals surface area (Å²) in [6, 6.07) is 5.89. The number of hydrogen-bond donors (Lipinski definition) is 1. The molecule has 1 aliphatic rings. The number of nitrogens with one attached hydrogen (secondary N) is 1. The Morgan fingerprint density at radius 2 is 1.88 bits per heavy atom. The number of likely N-dealkylation sites (tertiary alicyclic amines) is 1. The fourth-order valence-electron chi connectivity index (χ4n) is 2.80. The number of rotatable bonds is 5. The van der Waals surface area contributed by atoms with Crippen molar-refractivity contribution in [2.24, 2.45) is 5.92 Å². The number of anilines is 1. The number of amides is 2. The molecule has 1 fully saturated rings. The first kappa shape index (κ1) is 17.9. The van der Waals surface area contributed by atoms with Crippen LogP contribution in [0.4, 0.5) is 11.4 Å². The molecule has 0 radical (unpaired) electrons. The molecule has 1 aromatic carbocycles. The van der Waals surface area contributed by atoms with Gasteiger partial charge in [-0.1, -0.05) is 0 Å². The van der Waals surface area contributed by atoms with Crippen LogP contribution in [0.3, 0.4) is 0 Å². The van der Waals surface area contributed by atoms with Crippen molar-refractivity contribution in [3.63, 3.8) is 0 Å². The van der Waals surface area contributed by atoms with Crippen LogP contribution in [-0.4, -0.2) is 55.4 Å². The third-order valence-corrected chi connectivity index (χ3v) is 4.39. The van der Waals surface area contributed by atoms with Crippen LogP contribution in [-0.2, 0) is 9.59 Å². The van der Waals surface area contributed by atoms with Gasteiger partial charge in [0.2, 0.25) is 11.8 Å². The summed E-state index contributed by atoms with van der Waals surface area (Å²) in [5.41, 5.74) is 0.613. The number of non-ortho nitro benzene ring substituents is 1. The van der Waals surface area contributed by atoms with Gasteiger partial charge in [0, 0.05) is 37.8 Å². The lowest BCUT2D eigenvalue weighted by molar-refractivity contribution is -0.384. The summed E-state index contributed by atoms with van der Waals surface area (Å²) in [5, 5.41) is 13.3. The van der Waals surface area contributed by atoms with Crippen molar-refractivity contribution in [1.82, 2.24) is 10.2 Å². The minimum Gasteiger partial charge on any atom is -0.359 e. The summed E-state index contributed by atoms with van der Waals surface area (Å²) in [6.07, 6.45) is 1.49. The highest BCUT2D eigenvalue weighted by atomic mass is 16.6. The van der Waals surface area contributed by atoms with Crippen molar-refractivity contribution in [3.05, 3.63) is 34.4 Å². The first-order chi connectivity index (χ1) is 11.4. The second-order valence-corrected chi connectivity index (χ2v) is 5.89. The maximum absolute atomic E-state index is 12.4. The van der Waals surface area contributed by atoms with Gasteiger partial charge in [-0.2, -0.15) is 0 Å². The highest BCUT2D eigenvalue weighted by molar-refractivity contribution is 5.94. The molecule has 130 valence electrons. The van der Waals surface area contributed by atoms with E-state index in [0.717, 1.165) is 12.8 Å². The summed E-state index contributed by atoms with van der Waals surface area (Å²) < 4.78 is 0. The van der Waals surface area contributed by atoms with E-state index in [2.05, 4.69) is 5.32 Å². The number of hydrogen-bond acceptors (Lipinski definition) is 5. The second kappa shape index (κ2) is 7.87.